The van der Waals surface area contributed by atoms with E-state index < -0.39 is 0 Å². The molecule has 52 valence electrons. The molecule has 0 amide bonds. The van der Waals surface area contributed by atoms with Gasteiger partial charge in [-0.25, -0.2) is 0 Å². The van der Waals surface area contributed by atoms with Crippen molar-refractivity contribution in [3.05, 3.63) is 0 Å². The second-order valence-corrected chi connectivity index (χ2v) is 2.82. The summed E-state index contributed by atoms with van der Waals surface area (Å²) in [6, 6.07) is 0. The van der Waals surface area contributed by atoms with Crippen molar-refractivity contribution >= 4 is 6.29 Å². The molecule has 2 nitrogen and oxygen atoms in total. The van der Waals surface area contributed by atoms with Crippen molar-refractivity contribution in [1.82, 2.24) is 4.90 Å². The van der Waals surface area contributed by atoms with Crippen LogP contribution >= 0.6 is 0 Å². The molecule has 0 aromatic heterocycles. The van der Waals surface area contributed by atoms with Gasteiger partial charge in [0.1, 0.15) is 6.29 Å². The van der Waals surface area contributed by atoms with Crippen molar-refractivity contribution in [2.75, 3.05) is 19.6 Å². The molecule has 0 bridgehead atoms. The summed E-state index contributed by atoms with van der Waals surface area (Å²) >= 11 is 0. The van der Waals surface area contributed by atoms with Gasteiger partial charge in [-0.15, -0.1) is 0 Å². The molecule has 1 aliphatic heterocycles. The highest BCUT2D eigenvalue weighted by Gasteiger charge is 2.16. The van der Waals surface area contributed by atoms with E-state index in [9.17, 15) is 4.79 Å². The highest BCUT2D eigenvalue weighted by molar-refractivity contribution is 5.52. The standard InChI is InChI=1S/C7H13NO/c1-7-2-3-8(6-7)4-5-9/h5,7H,2-4,6H2,1H3/t7-/m1/s1. The Morgan fingerprint density at radius 2 is 2.56 bits per heavy atom. The van der Waals surface area contributed by atoms with Gasteiger partial charge in [-0.1, -0.05) is 6.92 Å². The quantitative estimate of drug-likeness (QED) is 0.504. The van der Waals surface area contributed by atoms with Crippen LogP contribution in [0.1, 0.15) is 13.3 Å². The predicted molar refractivity (Wildman–Crippen MR) is 36.3 cm³/mol. The minimum Gasteiger partial charge on any atom is -0.302 e. The Kier molecular flexibility index (Phi) is 2.22. The fourth-order valence-electron chi connectivity index (χ4n) is 1.30. The van der Waals surface area contributed by atoms with Crippen LogP contribution in [0.5, 0.6) is 0 Å². The molecule has 1 saturated heterocycles. The van der Waals surface area contributed by atoms with Crippen molar-refractivity contribution < 1.29 is 4.79 Å². The monoisotopic (exact) mass is 127 g/mol. The molecule has 0 N–H and O–H groups in total. The van der Waals surface area contributed by atoms with Crippen molar-refractivity contribution in [1.29, 1.82) is 0 Å². The number of aldehydes is 1. The second-order valence-electron chi connectivity index (χ2n) is 2.82. The number of hydrogen-bond acceptors (Lipinski definition) is 2. The summed E-state index contributed by atoms with van der Waals surface area (Å²) in [6.45, 7) is 5.08. The zero-order valence-electron chi connectivity index (χ0n) is 5.84. The zero-order valence-corrected chi connectivity index (χ0v) is 5.84. The minimum atomic E-state index is 0.629. The van der Waals surface area contributed by atoms with Crippen LogP contribution in [0.3, 0.4) is 0 Å². The molecule has 2 heteroatoms. The molecule has 1 rings (SSSR count). The Morgan fingerprint density at radius 3 is 3.00 bits per heavy atom. The van der Waals surface area contributed by atoms with Gasteiger partial charge in [0, 0.05) is 6.54 Å². The number of nitrogens with zero attached hydrogens (tertiary/aromatic N) is 1. The van der Waals surface area contributed by atoms with E-state index in [-0.39, 0.29) is 0 Å². The first-order valence-electron chi connectivity index (χ1n) is 3.49. The normalized spacial score (nSPS) is 28.8. The van der Waals surface area contributed by atoms with E-state index in [1.807, 2.05) is 0 Å². The summed E-state index contributed by atoms with van der Waals surface area (Å²) in [6.07, 6.45) is 2.24. The third-order valence-electron chi connectivity index (χ3n) is 1.84. The van der Waals surface area contributed by atoms with E-state index in [2.05, 4.69) is 11.8 Å². The second kappa shape index (κ2) is 2.97. The van der Waals surface area contributed by atoms with Crippen molar-refractivity contribution in [2.24, 2.45) is 5.92 Å². The highest BCUT2D eigenvalue weighted by Crippen LogP contribution is 2.13. The molecular formula is C7H13NO. The van der Waals surface area contributed by atoms with Gasteiger partial charge in [0.05, 0.1) is 6.54 Å². The highest BCUT2D eigenvalue weighted by atomic mass is 16.1. The average Bonchev–Trinajstić information content (AvgIpc) is 2.17. The lowest BCUT2D eigenvalue weighted by Crippen LogP contribution is -2.22. The van der Waals surface area contributed by atoms with Crippen LogP contribution in [-0.2, 0) is 4.79 Å². The van der Waals surface area contributed by atoms with E-state index in [1.54, 1.807) is 0 Å². The summed E-state index contributed by atoms with van der Waals surface area (Å²) in [4.78, 5) is 12.2. The molecule has 9 heavy (non-hydrogen) atoms. The van der Waals surface area contributed by atoms with E-state index >= 15 is 0 Å². The minimum absolute atomic E-state index is 0.629. The van der Waals surface area contributed by atoms with Gasteiger partial charge in [0.15, 0.2) is 0 Å². The lowest BCUT2D eigenvalue weighted by Gasteiger charge is -2.08. The van der Waals surface area contributed by atoms with E-state index in [0.29, 0.717) is 6.54 Å². The van der Waals surface area contributed by atoms with Gasteiger partial charge in [-0.3, -0.25) is 4.90 Å². The Hall–Kier alpha value is -0.370. The fraction of sp³-hybridized carbons (Fsp3) is 0.857. The third-order valence-corrected chi connectivity index (χ3v) is 1.84. The zero-order chi connectivity index (χ0) is 6.69. The topological polar surface area (TPSA) is 20.3 Å². The van der Waals surface area contributed by atoms with Crippen molar-refractivity contribution in [2.45, 2.75) is 13.3 Å². The van der Waals surface area contributed by atoms with Gasteiger partial charge in [-0.05, 0) is 18.9 Å². The van der Waals surface area contributed by atoms with Crippen LogP contribution in [0.25, 0.3) is 0 Å². The van der Waals surface area contributed by atoms with E-state index in [1.165, 1.54) is 6.42 Å². The first-order valence-corrected chi connectivity index (χ1v) is 3.49. The number of likely N-dealkylation sites (tertiary alicyclic amines) is 1. The summed E-state index contributed by atoms with van der Waals surface area (Å²) in [5, 5.41) is 0. The van der Waals surface area contributed by atoms with Crippen LogP contribution < -0.4 is 0 Å². The van der Waals surface area contributed by atoms with Crippen LogP contribution in [-0.4, -0.2) is 30.8 Å². The lowest BCUT2D eigenvalue weighted by atomic mass is 10.2. The van der Waals surface area contributed by atoms with Crippen molar-refractivity contribution in [3.8, 4) is 0 Å². The molecular weight excluding hydrogens is 114 g/mol. The van der Waals surface area contributed by atoms with Gasteiger partial charge in [-0.2, -0.15) is 0 Å². The van der Waals surface area contributed by atoms with Gasteiger partial charge in [0.2, 0.25) is 0 Å². The summed E-state index contributed by atoms with van der Waals surface area (Å²) < 4.78 is 0. The van der Waals surface area contributed by atoms with E-state index in [4.69, 9.17) is 0 Å². The Balaban J connectivity index is 2.21. The molecule has 0 unspecified atom stereocenters. The van der Waals surface area contributed by atoms with Gasteiger partial charge in [0.25, 0.3) is 0 Å². The van der Waals surface area contributed by atoms with Crippen LogP contribution in [0.15, 0.2) is 0 Å². The molecule has 0 aliphatic carbocycles. The molecule has 0 radical (unpaired) electrons. The Bertz CT molecular complexity index is 103. The first kappa shape index (κ1) is 6.75. The number of rotatable bonds is 2. The maximum absolute atomic E-state index is 10.0. The molecule has 0 saturated carbocycles. The molecule has 1 heterocycles. The number of carbonyl (C=O) groups is 1. The summed E-state index contributed by atoms with van der Waals surface area (Å²) in [7, 11) is 0. The van der Waals surface area contributed by atoms with Crippen LogP contribution in [0.4, 0.5) is 0 Å². The largest absolute Gasteiger partial charge is 0.302 e. The van der Waals surface area contributed by atoms with E-state index in [0.717, 1.165) is 25.3 Å². The molecule has 1 aliphatic rings. The smallest absolute Gasteiger partial charge is 0.133 e. The third kappa shape index (κ3) is 1.79. The number of hydrogen-bond donors (Lipinski definition) is 0. The first-order chi connectivity index (χ1) is 4.33. The lowest BCUT2D eigenvalue weighted by molar-refractivity contribution is -0.108. The maximum Gasteiger partial charge on any atom is 0.133 e. The fourth-order valence-corrected chi connectivity index (χ4v) is 1.30. The average molecular weight is 127 g/mol. The SMILES string of the molecule is C[C@@H]1CCN(CC=O)C1. The summed E-state index contributed by atoms with van der Waals surface area (Å²) in [5.74, 6) is 0.796. The van der Waals surface area contributed by atoms with Gasteiger partial charge >= 0.3 is 0 Å². The van der Waals surface area contributed by atoms with Gasteiger partial charge < -0.3 is 4.79 Å². The summed E-state index contributed by atoms with van der Waals surface area (Å²) in [5.41, 5.74) is 0. The van der Waals surface area contributed by atoms with Crippen molar-refractivity contribution in [3.63, 3.8) is 0 Å². The Labute approximate surface area is 55.8 Å². The Morgan fingerprint density at radius 1 is 1.78 bits per heavy atom. The molecule has 1 atom stereocenters. The number of carbonyl (C=O) groups excluding carboxylic acids is 1. The van der Waals surface area contributed by atoms with Crippen LogP contribution in [0.2, 0.25) is 0 Å². The molecule has 0 aromatic rings. The van der Waals surface area contributed by atoms with Crippen LogP contribution in [0, 0.1) is 5.92 Å². The predicted octanol–water partition coefficient (Wildman–Crippen LogP) is 0.527. The maximum atomic E-state index is 10.0. The molecule has 0 aromatic carbocycles. The molecule has 0 spiro atoms. The molecule has 1 fully saturated rings.